The molecule has 1 aromatic rings. The molecule has 1 fully saturated rings. The lowest BCUT2D eigenvalue weighted by molar-refractivity contribution is -0.120. The molecule has 0 atom stereocenters. The third-order valence-electron chi connectivity index (χ3n) is 3.12. The first-order chi connectivity index (χ1) is 9.69. The molecule has 1 aliphatic rings. The number of nitrogens with one attached hydrogen (secondary N) is 2. The molecule has 0 aromatic heterocycles. The first kappa shape index (κ1) is 14.3. The van der Waals surface area contributed by atoms with Gasteiger partial charge >= 0.3 is 0 Å². The molecule has 6 heteroatoms. The van der Waals surface area contributed by atoms with Crippen LogP contribution in [0.1, 0.15) is 18.4 Å². The van der Waals surface area contributed by atoms with Gasteiger partial charge in [-0.25, -0.2) is 4.39 Å². The zero-order chi connectivity index (χ0) is 14.4. The Balaban J connectivity index is 1.82. The second kappa shape index (κ2) is 6.87. The lowest BCUT2D eigenvalue weighted by atomic mass is 10.1. The zero-order valence-electron chi connectivity index (χ0n) is 11.0. The molecule has 2 rings (SSSR count). The number of anilines is 1. The average molecular weight is 277 g/mol. The molecule has 20 heavy (non-hydrogen) atoms. The summed E-state index contributed by atoms with van der Waals surface area (Å²) in [5.74, 6) is -0.719. The molecule has 106 valence electrons. The van der Waals surface area contributed by atoms with Crippen molar-refractivity contribution >= 4 is 11.6 Å². The quantitative estimate of drug-likeness (QED) is 0.872. The van der Waals surface area contributed by atoms with Crippen molar-refractivity contribution < 1.29 is 13.9 Å². The van der Waals surface area contributed by atoms with Crippen molar-refractivity contribution in [2.24, 2.45) is 0 Å². The maximum atomic E-state index is 13.6. The fourth-order valence-electron chi connectivity index (χ4n) is 2.02. The number of nitriles is 1. The Morgan fingerprint density at radius 1 is 1.45 bits per heavy atom. The van der Waals surface area contributed by atoms with Crippen LogP contribution in [0.25, 0.3) is 0 Å². The smallest absolute Gasteiger partial charge is 0.239 e. The van der Waals surface area contributed by atoms with E-state index in [1.54, 1.807) is 0 Å². The number of halogens is 1. The molecule has 0 spiro atoms. The van der Waals surface area contributed by atoms with Crippen LogP contribution in [0.3, 0.4) is 0 Å². The monoisotopic (exact) mass is 277 g/mol. The minimum Gasteiger partial charge on any atom is -0.381 e. The number of amides is 1. The third-order valence-corrected chi connectivity index (χ3v) is 3.12. The minimum atomic E-state index is -0.539. The standard InChI is InChI=1S/C14H16FN3O2/c15-12-7-10(8-16)1-2-13(12)17-9-14(19)18-11-3-5-20-6-4-11/h1-2,7,11,17H,3-6,9H2,(H,18,19). The van der Waals surface area contributed by atoms with E-state index < -0.39 is 5.82 Å². The van der Waals surface area contributed by atoms with Gasteiger partial charge in [0.1, 0.15) is 5.82 Å². The first-order valence-corrected chi connectivity index (χ1v) is 6.49. The molecule has 2 N–H and O–H groups in total. The van der Waals surface area contributed by atoms with E-state index in [-0.39, 0.29) is 29.7 Å². The Morgan fingerprint density at radius 2 is 2.20 bits per heavy atom. The number of nitrogens with zero attached hydrogens (tertiary/aromatic N) is 1. The first-order valence-electron chi connectivity index (χ1n) is 6.49. The van der Waals surface area contributed by atoms with Crippen LogP contribution in [0.15, 0.2) is 18.2 Å². The Labute approximate surface area is 116 Å². The van der Waals surface area contributed by atoms with Crippen molar-refractivity contribution in [3.8, 4) is 6.07 Å². The normalized spacial score (nSPS) is 15.4. The molecule has 1 saturated heterocycles. The molecule has 0 unspecified atom stereocenters. The largest absolute Gasteiger partial charge is 0.381 e. The Morgan fingerprint density at radius 3 is 2.85 bits per heavy atom. The van der Waals surface area contributed by atoms with Crippen LogP contribution < -0.4 is 10.6 Å². The van der Waals surface area contributed by atoms with Gasteiger partial charge < -0.3 is 15.4 Å². The van der Waals surface area contributed by atoms with Crippen molar-refractivity contribution in [3.63, 3.8) is 0 Å². The lowest BCUT2D eigenvalue weighted by Gasteiger charge is -2.23. The number of carbonyl (C=O) groups is 1. The summed E-state index contributed by atoms with van der Waals surface area (Å²) in [6.45, 7) is 1.31. The van der Waals surface area contributed by atoms with Gasteiger partial charge in [0.2, 0.25) is 5.91 Å². The Bertz CT molecular complexity index is 522. The fraction of sp³-hybridized carbons (Fsp3) is 0.429. The Kier molecular flexibility index (Phi) is 4.91. The van der Waals surface area contributed by atoms with E-state index in [1.807, 2.05) is 6.07 Å². The number of benzene rings is 1. The summed E-state index contributed by atoms with van der Waals surface area (Å²) in [5, 5.41) is 14.2. The van der Waals surface area contributed by atoms with Crippen LogP contribution in [-0.2, 0) is 9.53 Å². The molecular weight excluding hydrogens is 261 g/mol. The van der Waals surface area contributed by atoms with Gasteiger partial charge in [-0.15, -0.1) is 0 Å². The highest BCUT2D eigenvalue weighted by Gasteiger charge is 2.16. The van der Waals surface area contributed by atoms with Gasteiger partial charge in [-0.1, -0.05) is 0 Å². The number of ether oxygens (including phenoxy) is 1. The SMILES string of the molecule is N#Cc1ccc(NCC(=O)NC2CCOCC2)c(F)c1. The van der Waals surface area contributed by atoms with Crippen LogP contribution in [0.2, 0.25) is 0 Å². The second-order valence-corrected chi connectivity index (χ2v) is 4.61. The van der Waals surface area contributed by atoms with E-state index in [4.69, 9.17) is 10.00 Å². The van der Waals surface area contributed by atoms with Gasteiger partial charge in [-0.3, -0.25) is 4.79 Å². The van der Waals surface area contributed by atoms with Gasteiger partial charge in [0.05, 0.1) is 23.9 Å². The predicted octanol–water partition coefficient (Wildman–Crippen LogP) is 1.40. The molecule has 1 aliphatic heterocycles. The van der Waals surface area contributed by atoms with E-state index in [0.29, 0.717) is 13.2 Å². The van der Waals surface area contributed by atoms with Crippen molar-refractivity contribution in [3.05, 3.63) is 29.6 Å². The number of hydrogen-bond acceptors (Lipinski definition) is 4. The van der Waals surface area contributed by atoms with Gasteiger partial charge in [-0.2, -0.15) is 5.26 Å². The van der Waals surface area contributed by atoms with Gasteiger partial charge in [0.15, 0.2) is 0 Å². The molecule has 0 saturated carbocycles. The average Bonchev–Trinajstić information content (AvgIpc) is 2.47. The van der Waals surface area contributed by atoms with Crippen molar-refractivity contribution in [1.29, 1.82) is 5.26 Å². The van der Waals surface area contributed by atoms with Gasteiger partial charge in [-0.05, 0) is 31.0 Å². The van der Waals surface area contributed by atoms with Gasteiger partial charge in [0.25, 0.3) is 0 Å². The Hall–Kier alpha value is -2.13. The van der Waals surface area contributed by atoms with E-state index in [9.17, 15) is 9.18 Å². The van der Waals surface area contributed by atoms with Crippen LogP contribution in [0, 0.1) is 17.1 Å². The van der Waals surface area contributed by atoms with Crippen molar-refractivity contribution in [1.82, 2.24) is 5.32 Å². The fourth-order valence-corrected chi connectivity index (χ4v) is 2.02. The van der Waals surface area contributed by atoms with Gasteiger partial charge in [0, 0.05) is 19.3 Å². The van der Waals surface area contributed by atoms with Crippen LogP contribution in [0.4, 0.5) is 10.1 Å². The third kappa shape index (κ3) is 3.93. The maximum Gasteiger partial charge on any atom is 0.239 e. The highest BCUT2D eigenvalue weighted by molar-refractivity contribution is 5.81. The van der Waals surface area contributed by atoms with E-state index in [1.165, 1.54) is 12.1 Å². The van der Waals surface area contributed by atoms with Crippen molar-refractivity contribution in [2.45, 2.75) is 18.9 Å². The zero-order valence-corrected chi connectivity index (χ0v) is 11.0. The van der Waals surface area contributed by atoms with Crippen molar-refractivity contribution in [2.75, 3.05) is 25.1 Å². The summed E-state index contributed by atoms with van der Waals surface area (Å²) in [6.07, 6.45) is 1.61. The second-order valence-electron chi connectivity index (χ2n) is 4.61. The number of hydrogen-bond donors (Lipinski definition) is 2. The van der Waals surface area contributed by atoms with Crippen LogP contribution >= 0.6 is 0 Å². The topological polar surface area (TPSA) is 74.2 Å². The molecule has 5 nitrogen and oxygen atoms in total. The summed E-state index contributed by atoms with van der Waals surface area (Å²) in [5.41, 5.74) is 0.464. The lowest BCUT2D eigenvalue weighted by Crippen LogP contribution is -2.41. The summed E-state index contributed by atoms with van der Waals surface area (Å²) >= 11 is 0. The molecular formula is C14H16FN3O2. The summed E-state index contributed by atoms with van der Waals surface area (Å²) < 4.78 is 18.8. The number of rotatable bonds is 4. The highest BCUT2D eigenvalue weighted by Crippen LogP contribution is 2.15. The van der Waals surface area contributed by atoms with Crippen LogP contribution in [-0.4, -0.2) is 31.7 Å². The summed E-state index contributed by atoms with van der Waals surface area (Å²) in [6, 6.07) is 6.08. The van der Waals surface area contributed by atoms with E-state index >= 15 is 0 Å². The van der Waals surface area contributed by atoms with Crippen LogP contribution in [0.5, 0.6) is 0 Å². The summed E-state index contributed by atoms with van der Waals surface area (Å²) in [7, 11) is 0. The predicted molar refractivity (Wildman–Crippen MR) is 71.6 cm³/mol. The molecule has 0 bridgehead atoms. The van der Waals surface area contributed by atoms with E-state index in [0.717, 1.165) is 18.9 Å². The molecule has 1 heterocycles. The number of carbonyl (C=O) groups excluding carboxylic acids is 1. The maximum absolute atomic E-state index is 13.6. The molecule has 1 aromatic carbocycles. The highest BCUT2D eigenvalue weighted by atomic mass is 19.1. The molecule has 1 amide bonds. The molecule has 0 aliphatic carbocycles. The summed E-state index contributed by atoms with van der Waals surface area (Å²) in [4.78, 5) is 11.7. The minimum absolute atomic E-state index is 0.000176. The molecule has 0 radical (unpaired) electrons. The van der Waals surface area contributed by atoms with E-state index in [2.05, 4.69) is 10.6 Å².